The molecule has 0 saturated heterocycles. The Morgan fingerprint density at radius 2 is 1.89 bits per heavy atom. The zero-order valence-corrected chi connectivity index (χ0v) is 9.32. The normalized spacial score (nSPS) is 10.8. The van der Waals surface area contributed by atoms with E-state index in [1.54, 1.807) is 0 Å². The van der Waals surface area contributed by atoms with Gasteiger partial charge in [0.15, 0.2) is 0 Å². The molecular formula is C11H9NO6. The zero-order valence-electron chi connectivity index (χ0n) is 9.32. The lowest BCUT2D eigenvalue weighted by atomic mass is 10.1. The minimum atomic E-state index is -1.11. The van der Waals surface area contributed by atoms with Gasteiger partial charge in [0, 0.05) is 23.8 Å². The molecule has 1 rings (SSSR count). The Balaban J connectivity index is 2.93. The largest absolute Gasteiger partial charge is 0.507 e. The maximum absolute atomic E-state index is 11.1. The standard InChI is InChI=1S/C11H9NO6/c1-18-11(15)10(14)6-9(13)7-2-4-8(5-3-7)12(16)17/h2-6,13H,1H3/b9-6-. The smallest absolute Gasteiger partial charge is 0.378 e. The number of carbonyl (C=O) groups is 2. The summed E-state index contributed by atoms with van der Waals surface area (Å²) in [6.07, 6.45) is 0.688. The number of esters is 1. The fourth-order valence-corrected chi connectivity index (χ4v) is 1.12. The lowest BCUT2D eigenvalue weighted by molar-refractivity contribution is -0.384. The summed E-state index contributed by atoms with van der Waals surface area (Å²) in [5.41, 5.74) is 0.0312. The van der Waals surface area contributed by atoms with Crippen LogP contribution in [0.1, 0.15) is 5.56 Å². The molecule has 0 radical (unpaired) electrons. The number of rotatable bonds is 4. The minimum absolute atomic E-state index is 0.147. The molecule has 0 fully saturated rings. The molecule has 0 saturated carbocycles. The van der Waals surface area contributed by atoms with Gasteiger partial charge in [-0.2, -0.15) is 0 Å². The highest BCUT2D eigenvalue weighted by Crippen LogP contribution is 2.16. The second-order valence-electron chi connectivity index (χ2n) is 3.19. The SMILES string of the molecule is COC(=O)C(=O)/C=C(\O)c1ccc([N+](=O)[O-])cc1. The van der Waals surface area contributed by atoms with E-state index < -0.39 is 22.4 Å². The highest BCUT2D eigenvalue weighted by molar-refractivity contribution is 6.39. The Labute approximate surface area is 101 Å². The second kappa shape index (κ2) is 5.58. The van der Waals surface area contributed by atoms with Crippen molar-refractivity contribution in [2.75, 3.05) is 7.11 Å². The number of hydrogen-bond acceptors (Lipinski definition) is 6. The Morgan fingerprint density at radius 3 is 2.33 bits per heavy atom. The van der Waals surface area contributed by atoms with Crippen molar-refractivity contribution in [1.29, 1.82) is 0 Å². The molecule has 1 aromatic rings. The molecular weight excluding hydrogens is 242 g/mol. The van der Waals surface area contributed by atoms with Crippen molar-refractivity contribution in [3.05, 3.63) is 46.0 Å². The summed E-state index contributed by atoms with van der Waals surface area (Å²) in [5, 5.41) is 19.9. The van der Waals surface area contributed by atoms with Gasteiger partial charge in [0.25, 0.3) is 11.5 Å². The van der Waals surface area contributed by atoms with Crippen LogP contribution in [0, 0.1) is 10.1 Å². The van der Waals surface area contributed by atoms with Gasteiger partial charge in [0.05, 0.1) is 12.0 Å². The van der Waals surface area contributed by atoms with Gasteiger partial charge >= 0.3 is 5.97 Å². The van der Waals surface area contributed by atoms with Crippen LogP contribution in [-0.4, -0.2) is 28.9 Å². The highest BCUT2D eigenvalue weighted by Gasteiger charge is 2.13. The fraction of sp³-hybridized carbons (Fsp3) is 0.0909. The second-order valence-corrected chi connectivity index (χ2v) is 3.19. The van der Waals surface area contributed by atoms with Crippen LogP contribution in [0.25, 0.3) is 5.76 Å². The first kappa shape index (κ1) is 13.4. The van der Waals surface area contributed by atoms with Crippen LogP contribution in [0.2, 0.25) is 0 Å². The number of aliphatic hydroxyl groups is 1. The third-order valence-corrected chi connectivity index (χ3v) is 2.03. The molecule has 18 heavy (non-hydrogen) atoms. The van der Waals surface area contributed by atoms with E-state index in [0.29, 0.717) is 6.08 Å². The van der Waals surface area contributed by atoms with Crippen molar-refractivity contribution in [1.82, 2.24) is 0 Å². The number of benzene rings is 1. The Hall–Kier alpha value is -2.70. The van der Waals surface area contributed by atoms with Gasteiger partial charge in [-0.05, 0) is 12.1 Å². The Morgan fingerprint density at radius 1 is 1.33 bits per heavy atom. The first-order chi connectivity index (χ1) is 8.45. The molecule has 0 bridgehead atoms. The summed E-state index contributed by atoms with van der Waals surface area (Å²) in [6.45, 7) is 0. The average Bonchev–Trinajstić information content (AvgIpc) is 2.37. The average molecular weight is 251 g/mol. The van der Waals surface area contributed by atoms with Crippen LogP contribution >= 0.6 is 0 Å². The van der Waals surface area contributed by atoms with E-state index in [0.717, 1.165) is 7.11 Å². The van der Waals surface area contributed by atoms with Crippen LogP contribution in [-0.2, 0) is 14.3 Å². The Kier molecular flexibility index (Phi) is 4.14. The first-order valence-corrected chi connectivity index (χ1v) is 4.73. The van der Waals surface area contributed by atoms with Crippen LogP contribution in [0.5, 0.6) is 0 Å². The molecule has 0 unspecified atom stereocenters. The molecule has 94 valence electrons. The van der Waals surface area contributed by atoms with Crippen LogP contribution < -0.4 is 0 Å². The van der Waals surface area contributed by atoms with Crippen LogP contribution in [0.15, 0.2) is 30.3 Å². The third-order valence-electron chi connectivity index (χ3n) is 2.03. The quantitative estimate of drug-likeness (QED) is 0.215. The van der Waals surface area contributed by atoms with E-state index >= 15 is 0 Å². The summed E-state index contributed by atoms with van der Waals surface area (Å²) in [4.78, 5) is 31.7. The predicted octanol–water partition coefficient (Wildman–Crippen LogP) is 1.24. The van der Waals surface area contributed by atoms with Crippen molar-refractivity contribution >= 4 is 23.2 Å². The van der Waals surface area contributed by atoms with E-state index in [-0.39, 0.29) is 11.3 Å². The number of hydrogen-bond donors (Lipinski definition) is 1. The fourth-order valence-electron chi connectivity index (χ4n) is 1.12. The number of ketones is 1. The van der Waals surface area contributed by atoms with Gasteiger partial charge < -0.3 is 9.84 Å². The van der Waals surface area contributed by atoms with Gasteiger partial charge in [-0.25, -0.2) is 4.79 Å². The van der Waals surface area contributed by atoms with Crippen LogP contribution in [0.4, 0.5) is 5.69 Å². The molecule has 0 aliphatic carbocycles. The molecule has 1 N–H and O–H groups in total. The number of nitro groups is 1. The van der Waals surface area contributed by atoms with Crippen molar-refractivity contribution in [3.8, 4) is 0 Å². The molecule has 0 amide bonds. The molecule has 7 nitrogen and oxygen atoms in total. The minimum Gasteiger partial charge on any atom is -0.507 e. The van der Waals surface area contributed by atoms with Crippen LogP contribution in [0.3, 0.4) is 0 Å². The number of methoxy groups -OCH3 is 1. The Bertz CT molecular complexity index is 517. The number of aliphatic hydroxyl groups excluding tert-OH is 1. The lowest BCUT2D eigenvalue weighted by Crippen LogP contribution is -2.13. The summed E-state index contributed by atoms with van der Waals surface area (Å²) >= 11 is 0. The number of carbonyl (C=O) groups excluding carboxylic acids is 2. The molecule has 7 heteroatoms. The van der Waals surface area contributed by atoms with Crippen molar-refractivity contribution < 1.29 is 24.4 Å². The van der Waals surface area contributed by atoms with Gasteiger partial charge in [0.1, 0.15) is 5.76 Å². The van der Waals surface area contributed by atoms with E-state index in [2.05, 4.69) is 4.74 Å². The zero-order chi connectivity index (χ0) is 13.7. The lowest BCUT2D eigenvalue weighted by Gasteiger charge is -1.99. The number of ether oxygens (including phenoxy) is 1. The van der Waals surface area contributed by atoms with E-state index in [1.165, 1.54) is 24.3 Å². The first-order valence-electron chi connectivity index (χ1n) is 4.73. The molecule has 0 aromatic heterocycles. The molecule has 0 aliphatic rings. The molecule has 0 heterocycles. The maximum Gasteiger partial charge on any atom is 0.378 e. The molecule has 0 atom stereocenters. The van der Waals surface area contributed by atoms with E-state index in [1.807, 2.05) is 0 Å². The van der Waals surface area contributed by atoms with Crippen molar-refractivity contribution in [3.63, 3.8) is 0 Å². The van der Waals surface area contributed by atoms with E-state index in [4.69, 9.17) is 0 Å². The highest BCUT2D eigenvalue weighted by atomic mass is 16.6. The molecule has 1 aromatic carbocycles. The maximum atomic E-state index is 11.1. The molecule has 0 spiro atoms. The van der Waals surface area contributed by atoms with Gasteiger partial charge in [-0.15, -0.1) is 0 Å². The monoisotopic (exact) mass is 251 g/mol. The van der Waals surface area contributed by atoms with Crippen molar-refractivity contribution in [2.24, 2.45) is 0 Å². The number of nitro benzene ring substituents is 1. The summed E-state index contributed by atoms with van der Waals surface area (Å²) in [5.74, 6) is -2.60. The van der Waals surface area contributed by atoms with Crippen molar-refractivity contribution in [2.45, 2.75) is 0 Å². The van der Waals surface area contributed by atoms with E-state index in [9.17, 15) is 24.8 Å². The number of nitrogens with zero attached hydrogens (tertiary/aromatic N) is 1. The van der Waals surface area contributed by atoms with Gasteiger partial charge in [0.2, 0.25) is 0 Å². The molecule has 0 aliphatic heterocycles. The summed E-state index contributed by atoms with van der Waals surface area (Å²) in [7, 11) is 1.04. The summed E-state index contributed by atoms with van der Waals surface area (Å²) in [6, 6.07) is 4.85. The third kappa shape index (κ3) is 3.14. The van der Waals surface area contributed by atoms with Gasteiger partial charge in [-0.3, -0.25) is 14.9 Å². The topological polar surface area (TPSA) is 107 Å². The number of non-ortho nitro benzene ring substituents is 1. The van der Waals surface area contributed by atoms with Gasteiger partial charge in [-0.1, -0.05) is 0 Å². The summed E-state index contributed by atoms with van der Waals surface area (Å²) < 4.78 is 4.17. The predicted molar refractivity (Wildman–Crippen MR) is 60.7 cm³/mol.